The van der Waals surface area contributed by atoms with Gasteiger partial charge in [0, 0.05) is 17.3 Å². The van der Waals surface area contributed by atoms with Crippen LogP contribution in [0.3, 0.4) is 0 Å². The standard InChI is InChI=1S/C20H18BrN5O5S2/c1-30-16-8-3-12(9-15(16)21)19(27)25-20(32)24-13-4-6-14(7-5-13)33(28,29)26-17-10-18(31-2)23-11-22-17/h3-11H,1-2H3,(H,22,23,26)(H2,24,25,27,32). The minimum absolute atomic E-state index is 0.00339. The van der Waals surface area contributed by atoms with Crippen molar-refractivity contribution in [2.24, 2.45) is 0 Å². The van der Waals surface area contributed by atoms with Gasteiger partial charge in [-0.2, -0.15) is 0 Å². The molecule has 1 aromatic heterocycles. The predicted octanol–water partition coefficient (Wildman–Crippen LogP) is 3.18. The summed E-state index contributed by atoms with van der Waals surface area (Å²) in [5.41, 5.74) is 0.861. The van der Waals surface area contributed by atoms with Crippen LogP contribution in [-0.4, -0.2) is 43.6 Å². The summed E-state index contributed by atoms with van der Waals surface area (Å²) >= 11 is 8.50. The molecule has 0 fully saturated rings. The Morgan fingerprint density at radius 3 is 2.39 bits per heavy atom. The van der Waals surface area contributed by atoms with Crippen LogP contribution >= 0.6 is 28.1 Å². The number of hydrogen-bond acceptors (Lipinski definition) is 8. The molecule has 33 heavy (non-hydrogen) atoms. The lowest BCUT2D eigenvalue weighted by Gasteiger charge is -2.12. The second-order valence-corrected chi connectivity index (χ2v) is 9.28. The summed E-state index contributed by atoms with van der Waals surface area (Å²) < 4.78 is 38.2. The average molecular weight is 552 g/mol. The van der Waals surface area contributed by atoms with E-state index in [-0.39, 0.29) is 21.7 Å². The van der Waals surface area contributed by atoms with Crippen LogP contribution in [0.2, 0.25) is 0 Å². The highest BCUT2D eigenvalue weighted by Gasteiger charge is 2.16. The fraction of sp³-hybridized carbons (Fsp3) is 0.100. The average Bonchev–Trinajstić information content (AvgIpc) is 2.79. The number of ether oxygens (including phenoxy) is 2. The first-order chi connectivity index (χ1) is 15.7. The lowest BCUT2D eigenvalue weighted by atomic mass is 10.2. The molecule has 13 heteroatoms. The van der Waals surface area contributed by atoms with Gasteiger partial charge in [0.25, 0.3) is 15.9 Å². The van der Waals surface area contributed by atoms with E-state index in [1.54, 1.807) is 18.2 Å². The Hall–Kier alpha value is -3.29. The van der Waals surface area contributed by atoms with Gasteiger partial charge < -0.3 is 14.8 Å². The third-order valence-corrected chi connectivity index (χ3v) is 6.35. The van der Waals surface area contributed by atoms with Crippen molar-refractivity contribution in [1.29, 1.82) is 0 Å². The molecule has 172 valence electrons. The largest absolute Gasteiger partial charge is 0.496 e. The Kier molecular flexibility index (Phi) is 7.79. The monoisotopic (exact) mass is 551 g/mol. The quantitative estimate of drug-likeness (QED) is 0.378. The van der Waals surface area contributed by atoms with E-state index in [0.717, 1.165) is 0 Å². The highest BCUT2D eigenvalue weighted by Crippen LogP contribution is 2.25. The molecule has 3 N–H and O–H groups in total. The van der Waals surface area contributed by atoms with Crippen LogP contribution in [0, 0.1) is 0 Å². The van der Waals surface area contributed by atoms with Crippen LogP contribution in [0.1, 0.15) is 10.4 Å². The van der Waals surface area contributed by atoms with Gasteiger partial charge in [0.2, 0.25) is 5.88 Å². The van der Waals surface area contributed by atoms with Crippen molar-refractivity contribution in [2.45, 2.75) is 4.90 Å². The van der Waals surface area contributed by atoms with Crippen molar-refractivity contribution >= 4 is 60.7 Å². The summed E-state index contributed by atoms with van der Waals surface area (Å²) in [6, 6.07) is 12.0. The molecule has 0 bridgehead atoms. The highest BCUT2D eigenvalue weighted by atomic mass is 79.9. The number of carbonyl (C=O) groups is 1. The van der Waals surface area contributed by atoms with E-state index < -0.39 is 15.9 Å². The number of nitrogens with one attached hydrogen (secondary N) is 3. The summed E-state index contributed by atoms with van der Waals surface area (Å²) in [6.07, 6.45) is 1.18. The molecule has 3 rings (SSSR count). The third kappa shape index (κ3) is 6.37. The second kappa shape index (κ2) is 10.6. The molecule has 0 radical (unpaired) electrons. The minimum Gasteiger partial charge on any atom is -0.496 e. The molecule has 10 nitrogen and oxygen atoms in total. The molecular formula is C20H18BrN5O5S2. The minimum atomic E-state index is -3.89. The summed E-state index contributed by atoms with van der Waals surface area (Å²) in [5.74, 6) is 0.466. The van der Waals surface area contributed by atoms with Gasteiger partial charge in [0.1, 0.15) is 17.9 Å². The lowest BCUT2D eigenvalue weighted by molar-refractivity contribution is 0.0977. The van der Waals surface area contributed by atoms with E-state index in [0.29, 0.717) is 21.5 Å². The molecule has 1 heterocycles. The predicted molar refractivity (Wildman–Crippen MR) is 130 cm³/mol. The molecule has 0 aliphatic heterocycles. The van der Waals surface area contributed by atoms with E-state index in [1.807, 2.05) is 0 Å². The number of aromatic nitrogens is 2. The highest BCUT2D eigenvalue weighted by molar-refractivity contribution is 9.10. The van der Waals surface area contributed by atoms with Crippen LogP contribution in [-0.2, 0) is 10.0 Å². The molecule has 1 amide bonds. The number of nitrogens with zero attached hydrogens (tertiary/aromatic N) is 2. The maximum Gasteiger partial charge on any atom is 0.263 e. The van der Waals surface area contributed by atoms with Crippen molar-refractivity contribution in [3.8, 4) is 11.6 Å². The normalized spacial score (nSPS) is 10.8. The summed E-state index contributed by atoms with van der Waals surface area (Å²) in [7, 11) is -0.951. The number of thiocarbonyl (C=S) groups is 1. The van der Waals surface area contributed by atoms with E-state index >= 15 is 0 Å². The maximum atomic E-state index is 12.6. The van der Waals surface area contributed by atoms with Gasteiger partial charge in [-0.05, 0) is 70.6 Å². The fourth-order valence-corrected chi connectivity index (χ4v) is 4.32. The number of anilines is 2. The fourth-order valence-electron chi connectivity index (χ4n) is 2.57. The smallest absolute Gasteiger partial charge is 0.263 e. The van der Waals surface area contributed by atoms with Gasteiger partial charge in [0.05, 0.1) is 23.6 Å². The van der Waals surface area contributed by atoms with E-state index in [9.17, 15) is 13.2 Å². The van der Waals surface area contributed by atoms with E-state index in [4.69, 9.17) is 21.7 Å². The van der Waals surface area contributed by atoms with Crippen LogP contribution in [0.15, 0.2) is 64.2 Å². The van der Waals surface area contributed by atoms with Crippen LogP contribution < -0.4 is 24.8 Å². The SMILES string of the molecule is COc1cc(NS(=O)(=O)c2ccc(NC(=S)NC(=O)c3ccc(OC)c(Br)c3)cc2)ncn1. The van der Waals surface area contributed by atoms with Gasteiger partial charge in [0.15, 0.2) is 5.11 Å². The van der Waals surface area contributed by atoms with Crippen LogP contribution in [0.5, 0.6) is 11.6 Å². The van der Waals surface area contributed by atoms with Gasteiger partial charge in [-0.15, -0.1) is 0 Å². The second-order valence-electron chi connectivity index (χ2n) is 6.33. The zero-order chi connectivity index (χ0) is 24.0. The molecule has 0 aliphatic carbocycles. The maximum absolute atomic E-state index is 12.6. The van der Waals surface area contributed by atoms with Gasteiger partial charge in [-0.25, -0.2) is 18.4 Å². The summed E-state index contributed by atoms with van der Waals surface area (Å²) in [5, 5.41) is 5.44. The Morgan fingerprint density at radius 2 is 1.76 bits per heavy atom. The molecule has 0 atom stereocenters. The molecule has 2 aromatic carbocycles. The molecule has 0 saturated carbocycles. The van der Waals surface area contributed by atoms with Crippen LogP contribution in [0.25, 0.3) is 0 Å². The van der Waals surface area contributed by atoms with Crippen molar-refractivity contribution < 1.29 is 22.7 Å². The molecule has 0 spiro atoms. The molecule has 3 aromatic rings. The zero-order valence-corrected chi connectivity index (χ0v) is 20.5. The van der Waals surface area contributed by atoms with Crippen molar-refractivity contribution in [3.63, 3.8) is 0 Å². The first-order valence-corrected chi connectivity index (χ1v) is 11.8. The first-order valence-electron chi connectivity index (χ1n) is 9.16. The van der Waals surface area contributed by atoms with E-state index in [1.165, 1.54) is 50.9 Å². The Labute approximate surface area is 203 Å². The number of methoxy groups -OCH3 is 2. The Balaban J connectivity index is 1.63. The number of amides is 1. The number of sulfonamides is 1. The first kappa shape index (κ1) is 24.4. The topological polar surface area (TPSA) is 132 Å². The van der Waals surface area contributed by atoms with Gasteiger partial charge >= 0.3 is 0 Å². The Morgan fingerprint density at radius 1 is 1.03 bits per heavy atom. The van der Waals surface area contributed by atoms with Gasteiger partial charge in [-0.3, -0.25) is 14.8 Å². The number of halogens is 1. The summed E-state index contributed by atoms with van der Waals surface area (Å²) in [6.45, 7) is 0. The molecule has 0 aliphatic rings. The van der Waals surface area contributed by atoms with Crippen molar-refractivity contribution in [1.82, 2.24) is 15.3 Å². The number of hydrogen-bond donors (Lipinski definition) is 3. The number of benzene rings is 2. The molecule has 0 saturated heterocycles. The number of rotatable bonds is 7. The third-order valence-electron chi connectivity index (χ3n) is 4.15. The Bertz CT molecular complexity index is 1290. The van der Waals surface area contributed by atoms with Crippen molar-refractivity contribution in [3.05, 3.63) is 64.9 Å². The molecule has 0 unspecified atom stereocenters. The summed E-state index contributed by atoms with van der Waals surface area (Å²) in [4.78, 5) is 20.1. The van der Waals surface area contributed by atoms with Crippen LogP contribution in [0.4, 0.5) is 11.5 Å². The zero-order valence-electron chi connectivity index (χ0n) is 17.3. The van der Waals surface area contributed by atoms with Crippen molar-refractivity contribution in [2.75, 3.05) is 24.3 Å². The van der Waals surface area contributed by atoms with Gasteiger partial charge in [-0.1, -0.05) is 0 Å². The lowest BCUT2D eigenvalue weighted by Crippen LogP contribution is -2.34. The number of carbonyl (C=O) groups excluding carboxylic acids is 1. The van der Waals surface area contributed by atoms with E-state index in [2.05, 4.69) is 41.3 Å². The molecular weight excluding hydrogens is 534 g/mol.